The average molecular weight is 233 g/mol. The molecule has 6 heteroatoms. The second-order valence-corrected chi connectivity index (χ2v) is 2.66. The molecule has 0 aliphatic carbocycles. The quantitative estimate of drug-likeness (QED) is 0.804. The highest BCUT2D eigenvalue weighted by Gasteiger charge is 2.08. The van der Waals surface area contributed by atoms with Crippen molar-refractivity contribution in [1.29, 1.82) is 0 Å². The largest absolute Gasteiger partial charge is 0.324 e. The van der Waals surface area contributed by atoms with Crippen LogP contribution in [-0.4, -0.2) is 9.78 Å². The maximum Gasteiger partial charge on any atom is 0.131 e. The molecule has 1 aromatic rings. The Labute approximate surface area is 89.1 Å². The van der Waals surface area contributed by atoms with Gasteiger partial charge in [0, 0.05) is 18.7 Å². The van der Waals surface area contributed by atoms with Crippen LogP contribution in [-0.2, 0) is 7.05 Å². The highest BCUT2D eigenvalue weighted by Crippen LogP contribution is 2.19. The molecule has 1 atom stereocenters. The van der Waals surface area contributed by atoms with Gasteiger partial charge in [-0.1, -0.05) is 11.6 Å². The number of hydrogen-bond acceptors (Lipinski definition) is 2. The van der Waals surface area contributed by atoms with E-state index in [2.05, 4.69) is 5.10 Å². The number of aryl methyl sites for hydroxylation is 1. The molecule has 0 saturated carbocycles. The van der Waals surface area contributed by atoms with Crippen molar-refractivity contribution in [2.24, 2.45) is 12.8 Å². The van der Waals surface area contributed by atoms with Gasteiger partial charge in [0.2, 0.25) is 0 Å². The molecule has 0 spiro atoms. The topological polar surface area (TPSA) is 43.8 Å². The Bertz CT molecular complexity index is 234. The van der Waals surface area contributed by atoms with E-state index in [1.807, 2.05) is 6.92 Å². The highest BCUT2D eigenvalue weighted by atomic mass is 35.5. The molecular formula is C6H12Cl3N3. The van der Waals surface area contributed by atoms with E-state index in [0.717, 1.165) is 5.56 Å². The first-order chi connectivity index (χ1) is 4.63. The van der Waals surface area contributed by atoms with E-state index < -0.39 is 0 Å². The van der Waals surface area contributed by atoms with E-state index in [-0.39, 0.29) is 30.9 Å². The van der Waals surface area contributed by atoms with Crippen molar-refractivity contribution in [2.45, 2.75) is 13.0 Å². The number of aromatic nitrogens is 2. The smallest absolute Gasteiger partial charge is 0.131 e. The molecule has 0 aromatic carbocycles. The number of hydrogen-bond donors (Lipinski definition) is 1. The summed E-state index contributed by atoms with van der Waals surface area (Å²) in [7, 11) is 1.79. The first kappa shape index (κ1) is 14.6. The summed E-state index contributed by atoms with van der Waals surface area (Å²) in [5, 5.41) is 4.56. The molecule has 12 heavy (non-hydrogen) atoms. The van der Waals surface area contributed by atoms with E-state index >= 15 is 0 Å². The lowest BCUT2D eigenvalue weighted by Gasteiger charge is -2.00. The molecule has 2 N–H and O–H groups in total. The van der Waals surface area contributed by atoms with E-state index in [1.54, 1.807) is 17.9 Å². The zero-order valence-electron chi connectivity index (χ0n) is 6.82. The molecular weight excluding hydrogens is 220 g/mol. The molecule has 72 valence electrons. The minimum absolute atomic E-state index is 0. The van der Waals surface area contributed by atoms with E-state index in [4.69, 9.17) is 17.3 Å². The molecule has 0 saturated heterocycles. The van der Waals surface area contributed by atoms with Gasteiger partial charge in [-0.15, -0.1) is 24.8 Å². The van der Waals surface area contributed by atoms with Crippen LogP contribution in [0.25, 0.3) is 0 Å². The van der Waals surface area contributed by atoms with Crippen LogP contribution in [0.1, 0.15) is 18.5 Å². The van der Waals surface area contributed by atoms with E-state index in [0.29, 0.717) is 5.15 Å². The predicted octanol–water partition coefficient (Wildman–Crippen LogP) is 1.94. The van der Waals surface area contributed by atoms with Gasteiger partial charge in [0.1, 0.15) is 5.15 Å². The molecule has 3 nitrogen and oxygen atoms in total. The molecule has 0 radical (unpaired) electrons. The number of nitrogens with two attached hydrogens (primary N) is 1. The Kier molecular flexibility index (Phi) is 6.85. The van der Waals surface area contributed by atoms with Crippen molar-refractivity contribution in [3.63, 3.8) is 0 Å². The fraction of sp³-hybridized carbons (Fsp3) is 0.500. The summed E-state index contributed by atoms with van der Waals surface area (Å²) in [6, 6.07) is -0.0406. The van der Waals surface area contributed by atoms with Crippen LogP contribution in [0.4, 0.5) is 0 Å². The fourth-order valence-corrected chi connectivity index (χ4v) is 1.01. The summed E-state index contributed by atoms with van der Waals surface area (Å²) >= 11 is 5.82. The monoisotopic (exact) mass is 231 g/mol. The Morgan fingerprint density at radius 3 is 2.25 bits per heavy atom. The van der Waals surface area contributed by atoms with Crippen molar-refractivity contribution >= 4 is 36.4 Å². The van der Waals surface area contributed by atoms with Crippen LogP contribution < -0.4 is 5.73 Å². The predicted molar refractivity (Wildman–Crippen MR) is 55.3 cm³/mol. The molecule has 1 aromatic heterocycles. The van der Waals surface area contributed by atoms with Gasteiger partial charge in [-0.25, -0.2) is 0 Å². The van der Waals surface area contributed by atoms with Crippen LogP contribution >= 0.6 is 36.4 Å². The fourth-order valence-electron chi connectivity index (χ4n) is 0.745. The average Bonchev–Trinajstić information content (AvgIpc) is 2.14. The maximum atomic E-state index is 5.82. The zero-order chi connectivity index (χ0) is 7.72. The van der Waals surface area contributed by atoms with Crippen molar-refractivity contribution in [1.82, 2.24) is 9.78 Å². The normalized spacial score (nSPS) is 11.3. The lowest BCUT2D eigenvalue weighted by molar-refractivity contribution is 0.763. The van der Waals surface area contributed by atoms with Crippen LogP contribution in [0, 0.1) is 0 Å². The second-order valence-electron chi connectivity index (χ2n) is 2.30. The number of halogens is 3. The van der Waals surface area contributed by atoms with Gasteiger partial charge in [0.05, 0.1) is 6.20 Å². The van der Waals surface area contributed by atoms with Crippen molar-refractivity contribution in [2.75, 3.05) is 0 Å². The molecule has 0 fully saturated rings. The van der Waals surface area contributed by atoms with Crippen LogP contribution in [0.3, 0.4) is 0 Å². The Balaban J connectivity index is 0. The van der Waals surface area contributed by atoms with Crippen molar-refractivity contribution in [3.05, 3.63) is 16.9 Å². The standard InChI is InChI=1S/C6H10ClN3.2ClH/c1-4(8)5-3-9-10(2)6(5)7;;/h3-4H,8H2,1-2H3;2*1H/t4-;;/m0../s1. The van der Waals surface area contributed by atoms with Crippen LogP contribution in [0.2, 0.25) is 5.15 Å². The molecule has 0 unspecified atom stereocenters. The van der Waals surface area contributed by atoms with E-state index in [1.165, 1.54) is 0 Å². The number of rotatable bonds is 1. The zero-order valence-corrected chi connectivity index (χ0v) is 9.21. The Hall–Kier alpha value is 0.0400. The molecule has 0 aliphatic heterocycles. The minimum atomic E-state index is -0.0406. The first-order valence-electron chi connectivity index (χ1n) is 3.06. The first-order valence-corrected chi connectivity index (χ1v) is 3.43. The summed E-state index contributed by atoms with van der Waals surface area (Å²) in [5.41, 5.74) is 6.48. The van der Waals surface area contributed by atoms with Crippen LogP contribution in [0.15, 0.2) is 6.20 Å². The summed E-state index contributed by atoms with van der Waals surface area (Å²) < 4.78 is 1.60. The van der Waals surface area contributed by atoms with Gasteiger partial charge in [0.15, 0.2) is 0 Å². The lowest BCUT2D eigenvalue weighted by Crippen LogP contribution is -2.04. The Morgan fingerprint density at radius 1 is 1.58 bits per heavy atom. The summed E-state index contributed by atoms with van der Waals surface area (Å²) in [4.78, 5) is 0. The van der Waals surface area contributed by atoms with Gasteiger partial charge < -0.3 is 5.73 Å². The maximum absolute atomic E-state index is 5.82. The molecule has 0 bridgehead atoms. The van der Waals surface area contributed by atoms with Crippen molar-refractivity contribution in [3.8, 4) is 0 Å². The number of nitrogens with zero attached hydrogens (tertiary/aromatic N) is 2. The van der Waals surface area contributed by atoms with Gasteiger partial charge in [-0.2, -0.15) is 5.10 Å². The van der Waals surface area contributed by atoms with Gasteiger partial charge in [0.25, 0.3) is 0 Å². The highest BCUT2D eigenvalue weighted by molar-refractivity contribution is 6.30. The molecule has 0 amide bonds. The molecule has 1 rings (SSSR count). The van der Waals surface area contributed by atoms with Gasteiger partial charge >= 0.3 is 0 Å². The third-order valence-corrected chi connectivity index (χ3v) is 1.85. The van der Waals surface area contributed by atoms with Crippen molar-refractivity contribution < 1.29 is 0 Å². The van der Waals surface area contributed by atoms with Gasteiger partial charge in [-0.3, -0.25) is 4.68 Å². The van der Waals surface area contributed by atoms with Gasteiger partial charge in [-0.05, 0) is 6.92 Å². The molecule has 1 heterocycles. The molecule has 0 aliphatic rings. The minimum Gasteiger partial charge on any atom is -0.324 e. The summed E-state index contributed by atoms with van der Waals surface area (Å²) in [6.07, 6.45) is 1.69. The van der Waals surface area contributed by atoms with E-state index in [9.17, 15) is 0 Å². The third kappa shape index (κ3) is 2.83. The van der Waals surface area contributed by atoms with Crippen LogP contribution in [0.5, 0.6) is 0 Å². The third-order valence-electron chi connectivity index (χ3n) is 1.38. The Morgan fingerprint density at radius 2 is 2.08 bits per heavy atom. The second kappa shape index (κ2) is 5.65. The SMILES string of the molecule is C[C@H](N)c1cnn(C)c1Cl.Cl.Cl. The lowest BCUT2D eigenvalue weighted by atomic mass is 10.2. The summed E-state index contributed by atoms with van der Waals surface area (Å²) in [5.74, 6) is 0. The summed E-state index contributed by atoms with van der Waals surface area (Å²) in [6.45, 7) is 1.88.